The van der Waals surface area contributed by atoms with Gasteiger partial charge in [-0.2, -0.15) is 4.98 Å². The third-order valence-electron chi connectivity index (χ3n) is 5.96. The zero-order chi connectivity index (χ0) is 26.3. The topological polar surface area (TPSA) is 129 Å². The largest absolute Gasteiger partial charge is 0.392 e. The highest BCUT2D eigenvalue weighted by Gasteiger charge is 2.13. The van der Waals surface area contributed by atoms with Crippen LogP contribution in [0.5, 0.6) is 0 Å². The molecule has 11 heteroatoms. The molecule has 1 aliphatic heterocycles. The predicted molar refractivity (Wildman–Crippen MR) is 147 cm³/mol. The van der Waals surface area contributed by atoms with Crippen LogP contribution in [0.15, 0.2) is 73.2 Å². The van der Waals surface area contributed by atoms with E-state index in [1.54, 1.807) is 25.4 Å². The maximum Gasteiger partial charge on any atom is 0.323 e. The maximum atomic E-state index is 12.7. The van der Waals surface area contributed by atoms with Crippen molar-refractivity contribution in [3.8, 4) is 17.2 Å². The lowest BCUT2D eigenvalue weighted by Crippen LogP contribution is -2.36. The number of imidazole rings is 1. The second kappa shape index (κ2) is 11.7. The Hall–Kier alpha value is -4.48. The van der Waals surface area contributed by atoms with E-state index in [1.807, 2.05) is 59.3 Å². The summed E-state index contributed by atoms with van der Waals surface area (Å²) >= 11 is 0. The molecule has 2 aromatic carbocycles. The van der Waals surface area contributed by atoms with Crippen LogP contribution in [0.4, 0.5) is 27.8 Å². The molecule has 1 saturated heterocycles. The highest BCUT2D eigenvalue weighted by Crippen LogP contribution is 2.24. The summed E-state index contributed by atoms with van der Waals surface area (Å²) in [5.74, 6) is 1.69. The lowest BCUT2D eigenvalue weighted by atomic mass is 10.2. The van der Waals surface area contributed by atoms with Crippen molar-refractivity contribution >= 4 is 29.0 Å². The van der Waals surface area contributed by atoms with Crippen LogP contribution in [0.1, 0.15) is 6.92 Å². The molecule has 0 bridgehead atoms. The van der Waals surface area contributed by atoms with E-state index >= 15 is 0 Å². The van der Waals surface area contributed by atoms with Gasteiger partial charge in [0.2, 0.25) is 5.95 Å². The molecule has 5 rings (SSSR count). The number of aliphatic hydroxyl groups is 1. The summed E-state index contributed by atoms with van der Waals surface area (Å²) in [4.78, 5) is 28.2. The first-order valence-electron chi connectivity index (χ1n) is 12.4. The fraction of sp³-hybridized carbons (Fsp3) is 0.259. The van der Waals surface area contributed by atoms with Gasteiger partial charge in [0.15, 0.2) is 0 Å². The number of morpholine rings is 1. The molecule has 0 saturated carbocycles. The SMILES string of the molecule is CC(O)CNc1nccc(-n2ccnc2-c2cccc(NC(=O)Nc3ccc(N4CCOCC4)cc3)c2)n1. The van der Waals surface area contributed by atoms with E-state index in [4.69, 9.17) is 4.74 Å². The first kappa shape index (κ1) is 25.2. The quantitative estimate of drug-likeness (QED) is 0.281. The van der Waals surface area contributed by atoms with E-state index in [-0.39, 0.29) is 6.03 Å². The van der Waals surface area contributed by atoms with Crippen LogP contribution in [-0.4, -0.2) is 69.6 Å². The van der Waals surface area contributed by atoms with E-state index in [2.05, 4.69) is 35.8 Å². The fourth-order valence-electron chi connectivity index (χ4n) is 4.12. The minimum atomic E-state index is -0.520. The number of nitrogens with zero attached hydrogens (tertiary/aromatic N) is 5. The second-order valence-corrected chi connectivity index (χ2v) is 8.90. The van der Waals surface area contributed by atoms with Crippen LogP contribution in [0, 0.1) is 0 Å². The fourth-order valence-corrected chi connectivity index (χ4v) is 4.12. The summed E-state index contributed by atoms with van der Waals surface area (Å²) in [6, 6.07) is 16.7. The number of amides is 2. The molecule has 0 spiro atoms. The molecule has 1 atom stereocenters. The predicted octanol–water partition coefficient (Wildman–Crippen LogP) is 3.60. The zero-order valence-electron chi connectivity index (χ0n) is 21.0. The molecule has 0 radical (unpaired) electrons. The molecule has 2 amide bonds. The van der Waals surface area contributed by atoms with Gasteiger partial charge in [0.25, 0.3) is 0 Å². The number of hydrogen-bond acceptors (Lipinski definition) is 8. The van der Waals surface area contributed by atoms with Gasteiger partial charge in [0, 0.05) is 60.9 Å². The molecule has 1 fully saturated rings. The van der Waals surface area contributed by atoms with Gasteiger partial charge < -0.3 is 30.7 Å². The Morgan fingerprint density at radius 2 is 1.82 bits per heavy atom. The van der Waals surface area contributed by atoms with Gasteiger partial charge >= 0.3 is 6.03 Å². The number of benzene rings is 2. The van der Waals surface area contributed by atoms with Crippen molar-refractivity contribution in [1.29, 1.82) is 0 Å². The van der Waals surface area contributed by atoms with Gasteiger partial charge in [0.1, 0.15) is 11.6 Å². The number of rotatable bonds is 8. The van der Waals surface area contributed by atoms with E-state index in [0.29, 0.717) is 35.5 Å². The van der Waals surface area contributed by atoms with Gasteiger partial charge in [-0.3, -0.25) is 4.57 Å². The van der Waals surface area contributed by atoms with Crippen molar-refractivity contribution in [2.24, 2.45) is 0 Å². The molecule has 38 heavy (non-hydrogen) atoms. The number of carbonyl (C=O) groups is 1. The summed E-state index contributed by atoms with van der Waals surface area (Å²) in [6.45, 7) is 5.20. The molecule has 1 unspecified atom stereocenters. The van der Waals surface area contributed by atoms with Crippen LogP contribution >= 0.6 is 0 Å². The van der Waals surface area contributed by atoms with Crippen molar-refractivity contribution in [2.45, 2.75) is 13.0 Å². The van der Waals surface area contributed by atoms with Crippen molar-refractivity contribution < 1.29 is 14.6 Å². The van der Waals surface area contributed by atoms with Crippen LogP contribution in [0.2, 0.25) is 0 Å². The molecular formula is C27H30N8O3. The molecule has 1 aliphatic rings. The minimum Gasteiger partial charge on any atom is -0.392 e. The standard InChI is InChI=1S/C27H30N8O3/c1-19(36)18-30-26-29-10-9-24(33-26)35-12-11-28-25(35)20-3-2-4-22(17-20)32-27(37)31-21-5-7-23(8-6-21)34-13-15-38-16-14-34/h2-12,17,19,36H,13-16,18H2,1H3,(H,29,30,33)(H2,31,32,37). The average molecular weight is 515 g/mol. The van der Waals surface area contributed by atoms with Gasteiger partial charge in [-0.1, -0.05) is 12.1 Å². The zero-order valence-corrected chi connectivity index (χ0v) is 21.0. The summed E-state index contributed by atoms with van der Waals surface area (Å²) in [6.07, 6.45) is 4.62. The number of aromatic nitrogens is 4. The summed E-state index contributed by atoms with van der Waals surface area (Å²) in [5, 5.41) is 18.3. The maximum absolute atomic E-state index is 12.7. The number of ether oxygens (including phenoxy) is 1. The monoisotopic (exact) mass is 514 g/mol. The van der Waals surface area contributed by atoms with Crippen LogP contribution in [0.25, 0.3) is 17.2 Å². The van der Waals surface area contributed by atoms with Crippen LogP contribution in [-0.2, 0) is 4.74 Å². The number of anilines is 4. The average Bonchev–Trinajstić information content (AvgIpc) is 3.43. The van der Waals surface area contributed by atoms with Gasteiger partial charge in [-0.15, -0.1) is 0 Å². The normalized spacial score (nSPS) is 14.1. The van der Waals surface area contributed by atoms with Gasteiger partial charge in [-0.25, -0.2) is 14.8 Å². The Labute approximate surface area is 220 Å². The second-order valence-electron chi connectivity index (χ2n) is 8.90. The summed E-state index contributed by atoms with van der Waals surface area (Å²) in [5.41, 5.74) is 3.24. The third-order valence-corrected chi connectivity index (χ3v) is 5.96. The summed E-state index contributed by atoms with van der Waals surface area (Å²) in [7, 11) is 0. The molecular weight excluding hydrogens is 484 g/mol. The van der Waals surface area contributed by atoms with E-state index < -0.39 is 6.10 Å². The highest BCUT2D eigenvalue weighted by molar-refractivity contribution is 6.00. The molecule has 4 N–H and O–H groups in total. The minimum absolute atomic E-state index is 0.339. The van der Waals surface area contributed by atoms with Gasteiger partial charge in [0.05, 0.1) is 19.3 Å². The highest BCUT2D eigenvalue weighted by atomic mass is 16.5. The van der Waals surface area contributed by atoms with Crippen LogP contribution in [0.3, 0.4) is 0 Å². The van der Waals surface area contributed by atoms with Crippen molar-refractivity contribution in [1.82, 2.24) is 19.5 Å². The molecule has 4 aromatic rings. The first-order chi connectivity index (χ1) is 18.5. The molecule has 0 aliphatic carbocycles. The molecule has 196 valence electrons. The molecule has 3 heterocycles. The smallest absolute Gasteiger partial charge is 0.323 e. The van der Waals surface area contributed by atoms with E-state index in [0.717, 1.165) is 37.6 Å². The van der Waals surface area contributed by atoms with Crippen molar-refractivity contribution in [3.63, 3.8) is 0 Å². The van der Waals surface area contributed by atoms with E-state index in [9.17, 15) is 9.90 Å². The molecule has 11 nitrogen and oxygen atoms in total. The number of carbonyl (C=O) groups excluding carboxylic acids is 1. The van der Waals surface area contributed by atoms with Crippen LogP contribution < -0.4 is 20.9 Å². The lowest BCUT2D eigenvalue weighted by molar-refractivity contribution is 0.122. The lowest BCUT2D eigenvalue weighted by Gasteiger charge is -2.28. The Balaban J connectivity index is 1.26. The Bertz CT molecular complexity index is 1370. The molecule has 2 aromatic heterocycles. The van der Waals surface area contributed by atoms with E-state index in [1.165, 1.54) is 0 Å². The van der Waals surface area contributed by atoms with Crippen molar-refractivity contribution in [3.05, 3.63) is 73.2 Å². The Morgan fingerprint density at radius 3 is 2.61 bits per heavy atom. The first-order valence-corrected chi connectivity index (χ1v) is 12.4. The third kappa shape index (κ3) is 6.25. The van der Waals surface area contributed by atoms with Gasteiger partial charge in [-0.05, 0) is 49.4 Å². The number of aliphatic hydroxyl groups excluding tert-OH is 1. The van der Waals surface area contributed by atoms with Crippen molar-refractivity contribution in [2.75, 3.05) is 53.7 Å². The number of hydrogen-bond donors (Lipinski definition) is 4. The Morgan fingerprint density at radius 1 is 1.03 bits per heavy atom. The number of nitrogens with one attached hydrogen (secondary N) is 3. The summed E-state index contributed by atoms with van der Waals surface area (Å²) < 4.78 is 7.25. The number of urea groups is 1. The Kier molecular flexibility index (Phi) is 7.76.